The standard InChI is InChI=1S/C32H59N/c1-7-11-14-16-18-20-23-30-25-27(5)32(33-26-29(10-4)22-13-9-3)31(28(30)6)24-21-19-17-15-12-8-2/h25,29,33H,7-24,26H2,1-6H3. The molecule has 0 aromatic heterocycles. The van der Waals surface area contributed by atoms with Crippen LogP contribution in [0.4, 0.5) is 5.69 Å². The molecule has 1 atom stereocenters. The summed E-state index contributed by atoms with van der Waals surface area (Å²) in [6, 6.07) is 2.52. The number of anilines is 1. The van der Waals surface area contributed by atoms with Crippen LogP contribution in [0, 0.1) is 19.8 Å². The van der Waals surface area contributed by atoms with Crippen LogP contribution in [-0.2, 0) is 12.8 Å². The summed E-state index contributed by atoms with van der Waals surface area (Å²) in [7, 11) is 0. The number of hydrogen-bond acceptors (Lipinski definition) is 1. The molecule has 0 radical (unpaired) electrons. The van der Waals surface area contributed by atoms with Crippen molar-refractivity contribution in [1.82, 2.24) is 0 Å². The van der Waals surface area contributed by atoms with Crippen LogP contribution in [-0.4, -0.2) is 6.54 Å². The molecule has 0 saturated heterocycles. The van der Waals surface area contributed by atoms with Crippen LogP contribution in [0.5, 0.6) is 0 Å². The van der Waals surface area contributed by atoms with Gasteiger partial charge in [-0.3, -0.25) is 0 Å². The van der Waals surface area contributed by atoms with Gasteiger partial charge >= 0.3 is 0 Å². The molecule has 0 bridgehead atoms. The molecule has 192 valence electrons. The van der Waals surface area contributed by atoms with Gasteiger partial charge in [-0.2, -0.15) is 0 Å². The Morgan fingerprint density at radius 3 is 1.79 bits per heavy atom. The maximum atomic E-state index is 3.96. The van der Waals surface area contributed by atoms with Crippen molar-refractivity contribution in [2.45, 2.75) is 157 Å². The number of benzene rings is 1. The maximum Gasteiger partial charge on any atom is 0.0405 e. The van der Waals surface area contributed by atoms with Crippen molar-refractivity contribution in [3.8, 4) is 0 Å². The van der Waals surface area contributed by atoms with Crippen LogP contribution in [0.1, 0.15) is 153 Å². The number of hydrogen-bond donors (Lipinski definition) is 1. The number of unbranched alkanes of at least 4 members (excludes halogenated alkanes) is 11. The summed E-state index contributed by atoms with van der Waals surface area (Å²) in [5.74, 6) is 0.800. The summed E-state index contributed by atoms with van der Waals surface area (Å²) >= 11 is 0. The van der Waals surface area contributed by atoms with Crippen molar-refractivity contribution in [2.24, 2.45) is 5.92 Å². The third-order valence-corrected chi connectivity index (χ3v) is 7.71. The third-order valence-electron chi connectivity index (χ3n) is 7.71. The lowest BCUT2D eigenvalue weighted by atomic mass is 9.90. The van der Waals surface area contributed by atoms with Gasteiger partial charge in [0, 0.05) is 12.2 Å². The zero-order chi connectivity index (χ0) is 24.3. The monoisotopic (exact) mass is 457 g/mol. The van der Waals surface area contributed by atoms with Crippen LogP contribution >= 0.6 is 0 Å². The Bertz CT molecular complexity index is 603. The van der Waals surface area contributed by atoms with E-state index in [4.69, 9.17) is 0 Å². The number of nitrogens with one attached hydrogen (secondary N) is 1. The van der Waals surface area contributed by atoms with E-state index in [2.05, 4.69) is 52.9 Å². The largest absolute Gasteiger partial charge is 0.384 e. The van der Waals surface area contributed by atoms with Gasteiger partial charge in [0.15, 0.2) is 0 Å². The highest BCUT2D eigenvalue weighted by atomic mass is 14.9. The van der Waals surface area contributed by atoms with Gasteiger partial charge in [0.1, 0.15) is 0 Å². The smallest absolute Gasteiger partial charge is 0.0405 e. The molecule has 1 rings (SSSR count). The highest BCUT2D eigenvalue weighted by Crippen LogP contribution is 2.31. The topological polar surface area (TPSA) is 12.0 Å². The van der Waals surface area contributed by atoms with Crippen molar-refractivity contribution in [3.05, 3.63) is 28.3 Å². The molecule has 0 spiro atoms. The molecule has 0 aliphatic carbocycles. The highest BCUT2D eigenvalue weighted by Gasteiger charge is 2.15. The first-order valence-corrected chi connectivity index (χ1v) is 14.9. The molecule has 0 heterocycles. The quantitative estimate of drug-likeness (QED) is 0.181. The van der Waals surface area contributed by atoms with E-state index in [0.717, 1.165) is 12.5 Å². The van der Waals surface area contributed by atoms with Crippen molar-refractivity contribution >= 4 is 5.69 Å². The van der Waals surface area contributed by atoms with Crippen molar-refractivity contribution in [1.29, 1.82) is 0 Å². The zero-order valence-corrected chi connectivity index (χ0v) is 23.6. The minimum absolute atomic E-state index is 0.800. The van der Waals surface area contributed by atoms with E-state index in [0.29, 0.717) is 0 Å². The van der Waals surface area contributed by atoms with E-state index in [1.807, 2.05) is 0 Å². The second kappa shape index (κ2) is 19.3. The van der Waals surface area contributed by atoms with Crippen LogP contribution in [0.15, 0.2) is 6.07 Å². The summed E-state index contributed by atoms with van der Waals surface area (Å²) in [6.07, 6.45) is 24.4. The molecule has 1 nitrogen and oxygen atoms in total. The van der Waals surface area contributed by atoms with E-state index in [1.165, 1.54) is 127 Å². The van der Waals surface area contributed by atoms with Crippen molar-refractivity contribution in [2.75, 3.05) is 11.9 Å². The Morgan fingerprint density at radius 1 is 0.667 bits per heavy atom. The lowest BCUT2D eigenvalue weighted by Crippen LogP contribution is -2.16. The predicted molar refractivity (Wildman–Crippen MR) is 152 cm³/mol. The lowest BCUT2D eigenvalue weighted by Gasteiger charge is -2.23. The minimum atomic E-state index is 0.800. The molecule has 1 unspecified atom stereocenters. The third kappa shape index (κ3) is 12.3. The Hall–Kier alpha value is -0.980. The average Bonchev–Trinajstić information content (AvgIpc) is 2.82. The first-order valence-electron chi connectivity index (χ1n) is 14.9. The van der Waals surface area contributed by atoms with E-state index in [1.54, 1.807) is 16.7 Å². The fourth-order valence-corrected chi connectivity index (χ4v) is 5.25. The molecule has 0 fully saturated rings. The van der Waals surface area contributed by atoms with Crippen molar-refractivity contribution in [3.63, 3.8) is 0 Å². The molecular weight excluding hydrogens is 398 g/mol. The normalized spacial score (nSPS) is 12.3. The SMILES string of the molecule is CCCCCCCCc1cc(C)c(NCC(CC)CCCC)c(CCCCCCCC)c1C. The van der Waals surface area contributed by atoms with Gasteiger partial charge in [0.2, 0.25) is 0 Å². The van der Waals surface area contributed by atoms with E-state index in [-0.39, 0.29) is 0 Å². The fourth-order valence-electron chi connectivity index (χ4n) is 5.25. The van der Waals surface area contributed by atoms with Gasteiger partial charge in [-0.25, -0.2) is 0 Å². The Morgan fingerprint density at radius 2 is 1.21 bits per heavy atom. The Balaban J connectivity index is 2.86. The molecule has 1 aromatic rings. The molecular formula is C32H59N. The van der Waals surface area contributed by atoms with Crippen LogP contribution in [0.3, 0.4) is 0 Å². The van der Waals surface area contributed by atoms with Crippen molar-refractivity contribution < 1.29 is 0 Å². The average molecular weight is 458 g/mol. The van der Waals surface area contributed by atoms with Gasteiger partial charge in [-0.15, -0.1) is 0 Å². The first kappa shape index (κ1) is 30.1. The summed E-state index contributed by atoms with van der Waals surface area (Å²) in [5, 5.41) is 3.96. The Kier molecular flexibility index (Phi) is 17.6. The number of rotatable bonds is 21. The zero-order valence-electron chi connectivity index (χ0n) is 23.6. The van der Waals surface area contributed by atoms with E-state index >= 15 is 0 Å². The van der Waals surface area contributed by atoms with E-state index in [9.17, 15) is 0 Å². The molecule has 33 heavy (non-hydrogen) atoms. The first-order chi connectivity index (χ1) is 16.1. The van der Waals surface area contributed by atoms with Gasteiger partial charge in [0.05, 0.1) is 0 Å². The van der Waals surface area contributed by atoms with Gasteiger partial charge in [-0.1, -0.05) is 117 Å². The molecule has 0 amide bonds. The maximum absolute atomic E-state index is 3.96. The lowest BCUT2D eigenvalue weighted by molar-refractivity contribution is 0.472. The molecule has 1 aromatic carbocycles. The van der Waals surface area contributed by atoms with E-state index < -0.39 is 0 Å². The molecule has 0 saturated carbocycles. The molecule has 0 aliphatic rings. The van der Waals surface area contributed by atoms with Crippen LogP contribution in [0.25, 0.3) is 0 Å². The summed E-state index contributed by atoms with van der Waals surface area (Å²) in [4.78, 5) is 0. The molecule has 0 aliphatic heterocycles. The fraction of sp³-hybridized carbons (Fsp3) is 0.812. The summed E-state index contributed by atoms with van der Waals surface area (Å²) < 4.78 is 0. The summed E-state index contributed by atoms with van der Waals surface area (Å²) in [5.41, 5.74) is 7.80. The van der Waals surface area contributed by atoms with Crippen LogP contribution < -0.4 is 5.32 Å². The van der Waals surface area contributed by atoms with Gasteiger partial charge in [0.25, 0.3) is 0 Å². The second-order valence-corrected chi connectivity index (χ2v) is 10.7. The predicted octanol–water partition coefficient (Wildman–Crippen LogP) is 10.7. The number of aryl methyl sites for hydroxylation is 2. The van der Waals surface area contributed by atoms with Crippen LogP contribution in [0.2, 0.25) is 0 Å². The highest BCUT2D eigenvalue weighted by molar-refractivity contribution is 5.62. The minimum Gasteiger partial charge on any atom is -0.384 e. The molecule has 1 N–H and O–H groups in total. The second-order valence-electron chi connectivity index (χ2n) is 10.7. The van der Waals surface area contributed by atoms with Gasteiger partial charge < -0.3 is 5.32 Å². The van der Waals surface area contributed by atoms with Gasteiger partial charge in [-0.05, 0) is 74.1 Å². The molecule has 1 heteroatoms. The summed E-state index contributed by atoms with van der Waals surface area (Å²) in [6.45, 7) is 15.2. The Labute approximate surface area is 208 Å².